The lowest BCUT2D eigenvalue weighted by molar-refractivity contribution is -0.124. The van der Waals surface area contributed by atoms with Gasteiger partial charge in [0.25, 0.3) is 5.91 Å². The summed E-state index contributed by atoms with van der Waals surface area (Å²) in [6.07, 6.45) is 1.39. The average molecular weight is 262 g/mol. The molecule has 2 rings (SSSR count). The largest absolute Gasteiger partial charge is 0.345 e. The van der Waals surface area contributed by atoms with Crippen molar-refractivity contribution in [3.05, 3.63) is 35.2 Å². The number of nitrogens with zero attached hydrogens (tertiary/aromatic N) is 2. The summed E-state index contributed by atoms with van der Waals surface area (Å²) in [5, 5.41) is 0. The highest BCUT2D eigenvalue weighted by Gasteiger charge is 2.26. The molecule has 18 heavy (non-hydrogen) atoms. The van der Waals surface area contributed by atoms with Crippen molar-refractivity contribution in [3.8, 4) is 0 Å². The molecule has 1 aromatic rings. The Balaban J connectivity index is 2.38. The number of hydrogen-bond donors (Lipinski definition) is 0. The van der Waals surface area contributed by atoms with Crippen LogP contribution >= 0.6 is 11.8 Å². The predicted molar refractivity (Wildman–Crippen MR) is 72.5 cm³/mol. The summed E-state index contributed by atoms with van der Waals surface area (Å²) >= 11 is 1.34. The number of benzene rings is 1. The molecule has 0 atom stereocenters. The van der Waals surface area contributed by atoms with Crippen molar-refractivity contribution in [2.24, 2.45) is 0 Å². The fraction of sp³-hybridized carbons (Fsp3) is 0.231. The van der Waals surface area contributed by atoms with E-state index in [2.05, 4.69) is 0 Å². The Labute approximate surface area is 110 Å². The third kappa shape index (κ3) is 2.26. The van der Waals surface area contributed by atoms with Crippen LogP contribution in [-0.2, 0) is 9.59 Å². The van der Waals surface area contributed by atoms with Crippen LogP contribution in [0.2, 0.25) is 0 Å². The van der Waals surface area contributed by atoms with Crippen molar-refractivity contribution < 1.29 is 9.59 Å². The van der Waals surface area contributed by atoms with E-state index < -0.39 is 0 Å². The van der Waals surface area contributed by atoms with Gasteiger partial charge in [0.1, 0.15) is 0 Å². The smallest absolute Gasteiger partial charge is 0.265 e. The van der Waals surface area contributed by atoms with Crippen LogP contribution in [0.25, 0.3) is 0 Å². The maximum Gasteiger partial charge on any atom is 0.265 e. The summed E-state index contributed by atoms with van der Waals surface area (Å²) in [4.78, 5) is 28.2. The van der Waals surface area contributed by atoms with Crippen LogP contribution in [0.4, 0.5) is 5.69 Å². The molecule has 0 unspecified atom stereocenters. The van der Waals surface area contributed by atoms with Gasteiger partial charge in [-0.3, -0.25) is 9.59 Å². The summed E-state index contributed by atoms with van der Waals surface area (Å²) < 4.78 is 0. The molecule has 1 aliphatic heterocycles. The van der Waals surface area contributed by atoms with E-state index in [4.69, 9.17) is 0 Å². The number of thioether (sulfide) groups is 1. The zero-order valence-corrected chi connectivity index (χ0v) is 11.3. The Bertz CT molecular complexity index is 538. The van der Waals surface area contributed by atoms with Gasteiger partial charge in [0.2, 0.25) is 5.91 Å². The molecular weight excluding hydrogens is 248 g/mol. The standard InChI is InChI=1S/C13H14N2O2S/c1-14(2)12(16)8-11-13(17)15(3)9-6-4-5-7-10(9)18-11/h4-8H,1-3H3/b11-8+. The van der Waals surface area contributed by atoms with Crippen LogP contribution in [0.15, 0.2) is 40.1 Å². The number of carbonyl (C=O) groups is 2. The van der Waals surface area contributed by atoms with E-state index in [0.717, 1.165) is 10.6 Å². The van der Waals surface area contributed by atoms with Gasteiger partial charge in [-0.05, 0) is 12.1 Å². The highest BCUT2D eigenvalue weighted by atomic mass is 32.2. The molecule has 0 saturated heterocycles. The first-order valence-corrected chi connectivity index (χ1v) is 6.30. The van der Waals surface area contributed by atoms with Gasteiger partial charge in [0.15, 0.2) is 0 Å². The minimum atomic E-state index is -0.182. The Morgan fingerprint density at radius 3 is 2.67 bits per heavy atom. The minimum absolute atomic E-state index is 0.145. The maximum absolute atomic E-state index is 12.1. The molecule has 0 N–H and O–H groups in total. The molecule has 5 heteroatoms. The maximum atomic E-state index is 12.1. The van der Waals surface area contributed by atoms with Crippen molar-refractivity contribution in [1.82, 2.24) is 4.90 Å². The van der Waals surface area contributed by atoms with Crippen LogP contribution in [-0.4, -0.2) is 37.9 Å². The summed E-state index contributed by atoms with van der Waals surface area (Å²) in [6, 6.07) is 7.64. The lowest BCUT2D eigenvalue weighted by Crippen LogP contribution is -2.31. The van der Waals surface area contributed by atoms with E-state index in [0.29, 0.717) is 4.91 Å². The fourth-order valence-corrected chi connectivity index (χ4v) is 2.67. The number of anilines is 1. The van der Waals surface area contributed by atoms with Crippen LogP contribution in [0.5, 0.6) is 0 Å². The number of amides is 2. The first-order chi connectivity index (χ1) is 8.50. The zero-order chi connectivity index (χ0) is 13.3. The van der Waals surface area contributed by atoms with E-state index in [1.165, 1.54) is 22.7 Å². The third-order valence-corrected chi connectivity index (χ3v) is 3.73. The Morgan fingerprint density at radius 1 is 1.33 bits per heavy atom. The second kappa shape index (κ2) is 4.86. The predicted octanol–water partition coefficient (Wildman–Crippen LogP) is 1.73. The van der Waals surface area contributed by atoms with Crippen molar-refractivity contribution in [3.63, 3.8) is 0 Å². The lowest BCUT2D eigenvalue weighted by atomic mass is 10.2. The molecule has 1 heterocycles. The van der Waals surface area contributed by atoms with Gasteiger partial charge in [0, 0.05) is 32.1 Å². The van der Waals surface area contributed by atoms with E-state index in [1.54, 1.807) is 26.0 Å². The summed E-state index contributed by atoms with van der Waals surface area (Å²) in [7, 11) is 5.04. The van der Waals surface area contributed by atoms with Gasteiger partial charge in [-0.25, -0.2) is 0 Å². The van der Waals surface area contributed by atoms with E-state index in [-0.39, 0.29) is 11.8 Å². The topological polar surface area (TPSA) is 40.6 Å². The van der Waals surface area contributed by atoms with Crippen molar-refractivity contribution in [1.29, 1.82) is 0 Å². The number of hydrogen-bond acceptors (Lipinski definition) is 3. The van der Waals surface area contributed by atoms with Crippen LogP contribution in [0.3, 0.4) is 0 Å². The van der Waals surface area contributed by atoms with Crippen LogP contribution in [0.1, 0.15) is 0 Å². The summed E-state index contributed by atoms with van der Waals surface area (Å²) in [6.45, 7) is 0. The van der Waals surface area contributed by atoms with Crippen LogP contribution < -0.4 is 4.90 Å². The van der Waals surface area contributed by atoms with Gasteiger partial charge in [0.05, 0.1) is 10.6 Å². The lowest BCUT2D eigenvalue weighted by Gasteiger charge is -2.26. The number of fused-ring (bicyclic) bond motifs is 1. The van der Waals surface area contributed by atoms with E-state index in [9.17, 15) is 9.59 Å². The zero-order valence-electron chi connectivity index (χ0n) is 10.5. The molecule has 4 nitrogen and oxygen atoms in total. The fourth-order valence-electron chi connectivity index (χ4n) is 1.59. The third-order valence-electron chi connectivity index (χ3n) is 2.66. The van der Waals surface area contributed by atoms with Crippen molar-refractivity contribution in [2.75, 3.05) is 26.0 Å². The second-order valence-corrected chi connectivity index (χ2v) is 5.26. The molecule has 0 spiro atoms. The first-order valence-electron chi connectivity index (χ1n) is 5.48. The Kier molecular flexibility index (Phi) is 3.43. The molecule has 0 aliphatic carbocycles. The summed E-state index contributed by atoms with van der Waals surface area (Å²) in [5.74, 6) is -0.326. The molecule has 0 saturated carbocycles. The molecule has 2 amide bonds. The second-order valence-electron chi connectivity index (χ2n) is 4.18. The Morgan fingerprint density at radius 2 is 2.00 bits per heavy atom. The summed E-state index contributed by atoms with van der Waals surface area (Å²) in [5.41, 5.74) is 0.877. The van der Waals surface area contributed by atoms with Gasteiger partial charge in [-0.2, -0.15) is 0 Å². The molecule has 1 aromatic carbocycles. The normalized spacial score (nSPS) is 16.7. The van der Waals surface area contributed by atoms with Crippen molar-refractivity contribution in [2.45, 2.75) is 4.90 Å². The number of likely N-dealkylation sites (N-methyl/N-ethyl adjacent to an activating group) is 2. The van der Waals surface area contributed by atoms with E-state index >= 15 is 0 Å². The van der Waals surface area contributed by atoms with Crippen LogP contribution in [0, 0.1) is 0 Å². The quantitative estimate of drug-likeness (QED) is 0.724. The first kappa shape index (κ1) is 12.7. The Hall–Kier alpha value is -1.75. The highest BCUT2D eigenvalue weighted by Crippen LogP contribution is 2.40. The van der Waals surface area contributed by atoms with Gasteiger partial charge in [-0.15, -0.1) is 0 Å². The molecule has 0 aromatic heterocycles. The molecule has 0 radical (unpaired) electrons. The SMILES string of the molecule is CN(C)C(=O)/C=C1/Sc2ccccc2N(C)C1=O. The minimum Gasteiger partial charge on any atom is -0.345 e. The van der Waals surface area contributed by atoms with E-state index in [1.807, 2.05) is 24.3 Å². The monoisotopic (exact) mass is 262 g/mol. The van der Waals surface area contributed by atoms with Crippen molar-refractivity contribution >= 4 is 29.3 Å². The number of para-hydroxylation sites is 1. The number of carbonyl (C=O) groups excluding carboxylic acids is 2. The molecule has 1 aliphatic rings. The molecular formula is C13H14N2O2S. The molecule has 0 bridgehead atoms. The van der Waals surface area contributed by atoms with Gasteiger partial charge in [-0.1, -0.05) is 23.9 Å². The molecule has 0 fully saturated rings. The van der Waals surface area contributed by atoms with Gasteiger partial charge >= 0.3 is 0 Å². The highest BCUT2D eigenvalue weighted by molar-refractivity contribution is 8.04. The number of rotatable bonds is 1. The van der Waals surface area contributed by atoms with Gasteiger partial charge < -0.3 is 9.80 Å². The molecule has 94 valence electrons. The average Bonchev–Trinajstić information content (AvgIpc) is 2.35.